The van der Waals surface area contributed by atoms with Crippen LogP contribution in [0.3, 0.4) is 0 Å². The summed E-state index contributed by atoms with van der Waals surface area (Å²) in [5.41, 5.74) is 1.33. The summed E-state index contributed by atoms with van der Waals surface area (Å²) in [5.74, 6) is -0.435. The lowest BCUT2D eigenvalue weighted by Gasteiger charge is -2.26. The molecule has 1 aromatic carbocycles. The third kappa shape index (κ3) is 4.05. The summed E-state index contributed by atoms with van der Waals surface area (Å²) in [6.45, 7) is 0. The van der Waals surface area contributed by atoms with Crippen molar-refractivity contribution in [3.05, 3.63) is 64.9 Å². The lowest BCUT2D eigenvalue weighted by atomic mass is 9.87. The van der Waals surface area contributed by atoms with Gasteiger partial charge in [-0.25, -0.2) is 4.79 Å². The summed E-state index contributed by atoms with van der Waals surface area (Å²) >= 11 is 5.98. The fourth-order valence-electron chi connectivity index (χ4n) is 2.36. The fourth-order valence-corrected chi connectivity index (χ4v) is 2.53. The van der Waals surface area contributed by atoms with Gasteiger partial charge in [-0.1, -0.05) is 41.9 Å². The van der Waals surface area contributed by atoms with Crippen LogP contribution < -0.4 is 5.32 Å². The van der Waals surface area contributed by atoms with E-state index in [0.29, 0.717) is 10.7 Å². The maximum Gasteiger partial charge on any atom is 0.405 e. The van der Waals surface area contributed by atoms with E-state index in [4.69, 9.17) is 16.7 Å². The van der Waals surface area contributed by atoms with Crippen LogP contribution in [0.1, 0.15) is 29.6 Å². The van der Waals surface area contributed by atoms with Gasteiger partial charge in [0.2, 0.25) is 0 Å². The Hall–Kier alpha value is -2.40. The van der Waals surface area contributed by atoms with Crippen LogP contribution in [0, 0.1) is 0 Å². The van der Waals surface area contributed by atoms with Crippen molar-refractivity contribution in [1.29, 1.82) is 0 Å². The summed E-state index contributed by atoms with van der Waals surface area (Å²) in [6, 6.07) is 11.8. The Morgan fingerprint density at radius 1 is 1.32 bits per heavy atom. The van der Waals surface area contributed by atoms with Gasteiger partial charge in [0.05, 0.1) is 6.04 Å². The van der Waals surface area contributed by atoms with Crippen LogP contribution in [0.15, 0.2) is 48.7 Å². The van der Waals surface area contributed by atoms with Crippen molar-refractivity contribution in [3.63, 3.8) is 0 Å². The molecule has 1 unspecified atom stereocenters. The minimum absolute atomic E-state index is 0.132. The zero-order valence-electron chi connectivity index (χ0n) is 11.6. The Balaban J connectivity index is 2.44. The average Bonchev–Trinajstić information content (AvgIpc) is 2.51. The van der Waals surface area contributed by atoms with Crippen LogP contribution in [0.2, 0.25) is 5.02 Å². The molecular formula is C16H15ClN2O3. The molecule has 22 heavy (non-hydrogen) atoms. The zero-order chi connectivity index (χ0) is 15.9. The number of nitrogens with zero attached hydrogens (tertiary/aromatic N) is 1. The first-order chi connectivity index (χ1) is 10.6. The normalized spacial score (nSPS) is 13.1. The van der Waals surface area contributed by atoms with Crippen LogP contribution in [0.5, 0.6) is 0 Å². The molecule has 6 heteroatoms. The van der Waals surface area contributed by atoms with E-state index in [1.165, 1.54) is 6.20 Å². The second-order valence-electron chi connectivity index (χ2n) is 4.75. The quantitative estimate of drug-likeness (QED) is 0.800. The lowest BCUT2D eigenvalue weighted by molar-refractivity contribution is -0.108. The number of nitrogens with one attached hydrogen (secondary N) is 1. The van der Waals surface area contributed by atoms with Gasteiger partial charge in [-0.3, -0.25) is 4.98 Å². The first kappa shape index (κ1) is 16.0. The van der Waals surface area contributed by atoms with Crippen LogP contribution >= 0.6 is 11.6 Å². The third-order valence-corrected chi connectivity index (χ3v) is 3.55. The molecule has 2 atom stereocenters. The minimum atomic E-state index is -1.16. The molecule has 0 saturated heterocycles. The van der Waals surface area contributed by atoms with Crippen molar-refractivity contribution >= 4 is 24.0 Å². The molecular weight excluding hydrogens is 304 g/mol. The Kier molecular flexibility index (Phi) is 5.49. The molecule has 2 aromatic rings. The Labute approximate surface area is 133 Å². The van der Waals surface area contributed by atoms with E-state index >= 15 is 0 Å². The van der Waals surface area contributed by atoms with E-state index in [1.807, 2.05) is 30.3 Å². The standard InChI is InChI=1S/C16H15ClN2O3/c17-12-6-8-18-14(10-12)13(7-9-20)15(19-16(21)22)11-4-2-1-3-5-11/h1-6,8-10,13,15,19H,7H2,(H,21,22)/t13-,15?/m1/s1. The number of hydrogen-bond donors (Lipinski definition) is 2. The summed E-state index contributed by atoms with van der Waals surface area (Å²) in [5, 5.41) is 12.1. The SMILES string of the molecule is O=CC[C@H](c1cc(Cl)ccn1)C(NC(=O)O)c1ccccc1. The van der Waals surface area contributed by atoms with E-state index in [1.54, 1.807) is 12.1 Å². The molecule has 0 radical (unpaired) electrons. The molecule has 0 aliphatic heterocycles. The molecule has 0 aliphatic rings. The van der Waals surface area contributed by atoms with Gasteiger partial charge < -0.3 is 15.2 Å². The molecule has 1 aromatic heterocycles. The highest BCUT2D eigenvalue weighted by molar-refractivity contribution is 6.30. The van der Waals surface area contributed by atoms with Gasteiger partial charge in [0.1, 0.15) is 6.29 Å². The van der Waals surface area contributed by atoms with Crippen molar-refractivity contribution in [2.75, 3.05) is 0 Å². The predicted octanol–water partition coefficient (Wildman–Crippen LogP) is 3.42. The Morgan fingerprint density at radius 2 is 2.05 bits per heavy atom. The van der Waals surface area contributed by atoms with Gasteiger partial charge in [-0.05, 0) is 17.7 Å². The van der Waals surface area contributed by atoms with Gasteiger partial charge in [0.15, 0.2) is 0 Å². The van der Waals surface area contributed by atoms with E-state index in [9.17, 15) is 9.59 Å². The Morgan fingerprint density at radius 3 is 2.64 bits per heavy atom. The topological polar surface area (TPSA) is 79.3 Å². The number of amides is 1. The zero-order valence-corrected chi connectivity index (χ0v) is 12.4. The van der Waals surface area contributed by atoms with Crippen LogP contribution in [-0.2, 0) is 4.79 Å². The molecule has 1 amide bonds. The highest BCUT2D eigenvalue weighted by Crippen LogP contribution is 2.33. The molecule has 0 fully saturated rings. The highest BCUT2D eigenvalue weighted by Gasteiger charge is 2.27. The van der Waals surface area contributed by atoms with Gasteiger partial charge in [-0.2, -0.15) is 0 Å². The average molecular weight is 319 g/mol. The summed E-state index contributed by atoms with van der Waals surface area (Å²) in [7, 11) is 0. The van der Waals surface area contributed by atoms with E-state index in [-0.39, 0.29) is 6.42 Å². The number of pyridine rings is 1. The number of carboxylic acid groups (broad SMARTS) is 1. The molecule has 0 saturated carbocycles. The predicted molar refractivity (Wildman–Crippen MR) is 83.0 cm³/mol. The number of hydrogen-bond acceptors (Lipinski definition) is 3. The number of carbonyl (C=O) groups excluding carboxylic acids is 1. The smallest absolute Gasteiger partial charge is 0.405 e. The lowest BCUT2D eigenvalue weighted by Crippen LogP contribution is -2.32. The van der Waals surface area contributed by atoms with Gasteiger partial charge in [0.25, 0.3) is 0 Å². The van der Waals surface area contributed by atoms with Crippen molar-refractivity contribution in [3.8, 4) is 0 Å². The van der Waals surface area contributed by atoms with E-state index < -0.39 is 18.1 Å². The molecule has 0 aliphatic carbocycles. The van der Waals surface area contributed by atoms with Crippen molar-refractivity contribution in [2.45, 2.75) is 18.4 Å². The summed E-state index contributed by atoms with van der Waals surface area (Å²) in [4.78, 5) is 26.4. The number of rotatable bonds is 6. The monoisotopic (exact) mass is 318 g/mol. The summed E-state index contributed by atoms with van der Waals surface area (Å²) < 4.78 is 0. The minimum Gasteiger partial charge on any atom is -0.465 e. The third-order valence-electron chi connectivity index (χ3n) is 3.31. The molecule has 5 nitrogen and oxygen atoms in total. The van der Waals surface area contributed by atoms with Crippen LogP contribution in [0.4, 0.5) is 4.79 Å². The first-order valence-corrected chi connectivity index (χ1v) is 7.09. The van der Waals surface area contributed by atoms with Crippen molar-refractivity contribution < 1.29 is 14.7 Å². The van der Waals surface area contributed by atoms with E-state index in [2.05, 4.69) is 10.3 Å². The second kappa shape index (κ2) is 7.56. The van der Waals surface area contributed by atoms with Crippen molar-refractivity contribution in [1.82, 2.24) is 10.3 Å². The van der Waals surface area contributed by atoms with E-state index in [0.717, 1.165) is 11.8 Å². The molecule has 114 valence electrons. The van der Waals surface area contributed by atoms with Crippen LogP contribution in [-0.4, -0.2) is 22.5 Å². The second-order valence-corrected chi connectivity index (χ2v) is 5.18. The first-order valence-electron chi connectivity index (χ1n) is 6.71. The van der Waals surface area contributed by atoms with Crippen molar-refractivity contribution in [2.24, 2.45) is 0 Å². The number of aromatic nitrogens is 1. The van der Waals surface area contributed by atoms with Crippen LogP contribution in [0.25, 0.3) is 0 Å². The maximum absolute atomic E-state index is 11.1. The summed E-state index contributed by atoms with van der Waals surface area (Å²) in [6.07, 6.45) is 1.27. The van der Waals surface area contributed by atoms with Gasteiger partial charge in [-0.15, -0.1) is 0 Å². The Bertz CT molecular complexity index is 649. The molecule has 0 bridgehead atoms. The maximum atomic E-state index is 11.1. The number of carbonyl (C=O) groups is 2. The largest absolute Gasteiger partial charge is 0.465 e. The molecule has 2 N–H and O–H groups in total. The number of halogens is 1. The fraction of sp³-hybridized carbons (Fsp3) is 0.188. The van der Waals surface area contributed by atoms with Gasteiger partial charge >= 0.3 is 6.09 Å². The van der Waals surface area contributed by atoms with Gasteiger partial charge in [0, 0.05) is 29.3 Å². The number of aldehydes is 1. The number of benzene rings is 1. The molecule has 2 rings (SSSR count). The molecule has 1 heterocycles. The molecule has 0 spiro atoms. The highest BCUT2D eigenvalue weighted by atomic mass is 35.5.